The third-order valence-corrected chi connectivity index (χ3v) is 4.02. The Balaban J connectivity index is 1.84. The summed E-state index contributed by atoms with van der Waals surface area (Å²) in [5, 5.41) is 7.70. The molecule has 0 atom stereocenters. The summed E-state index contributed by atoms with van der Waals surface area (Å²) in [7, 11) is 0. The molecule has 100 valence electrons. The van der Waals surface area contributed by atoms with Gasteiger partial charge in [-0.2, -0.15) is 0 Å². The van der Waals surface area contributed by atoms with Crippen molar-refractivity contribution in [1.82, 2.24) is 14.8 Å². The molecule has 4 nitrogen and oxygen atoms in total. The average molecular weight is 256 g/mol. The van der Waals surface area contributed by atoms with Crippen LogP contribution in [0.4, 0.5) is 5.69 Å². The van der Waals surface area contributed by atoms with Crippen LogP contribution in [0.25, 0.3) is 5.69 Å². The maximum Gasteiger partial charge on any atom is 0.123 e. The minimum atomic E-state index is 0.868. The summed E-state index contributed by atoms with van der Waals surface area (Å²) in [5.74, 6) is 0.868. The molecule has 1 saturated heterocycles. The zero-order valence-corrected chi connectivity index (χ0v) is 11.6. The number of anilines is 1. The van der Waals surface area contributed by atoms with Crippen LogP contribution in [0.1, 0.15) is 25.3 Å². The van der Waals surface area contributed by atoms with Gasteiger partial charge in [-0.05, 0) is 49.4 Å². The first-order valence-electron chi connectivity index (χ1n) is 6.94. The highest BCUT2D eigenvalue weighted by Gasteiger charge is 2.17. The third kappa shape index (κ3) is 2.48. The molecule has 2 aromatic rings. The lowest BCUT2D eigenvalue weighted by atomic mass is 9.98. The summed E-state index contributed by atoms with van der Waals surface area (Å²) in [4.78, 5) is 2.51. The van der Waals surface area contributed by atoms with Gasteiger partial charge in [0.15, 0.2) is 0 Å². The van der Waals surface area contributed by atoms with Crippen molar-refractivity contribution >= 4 is 5.69 Å². The molecule has 1 aliphatic rings. The van der Waals surface area contributed by atoms with Crippen LogP contribution in [0.3, 0.4) is 0 Å². The number of piperidine rings is 1. The van der Waals surface area contributed by atoms with E-state index in [1.807, 2.05) is 4.57 Å². The molecule has 4 heteroatoms. The van der Waals surface area contributed by atoms with E-state index in [-0.39, 0.29) is 0 Å². The normalized spacial score (nSPS) is 16.8. The van der Waals surface area contributed by atoms with E-state index in [4.69, 9.17) is 0 Å². The fourth-order valence-electron chi connectivity index (χ4n) is 2.74. The molecule has 0 unspecified atom stereocenters. The summed E-state index contributed by atoms with van der Waals surface area (Å²) in [6.07, 6.45) is 6.06. The van der Waals surface area contributed by atoms with Crippen LogP contribution in [0.15, 0.2) is 30.9 Å². The molecule has 0 saturated carbocycles. The third-order valence-electron chi connectivity index (χ3n) is 4.02. The summed E-state index contributed by atoms with van der Waals surface area (Å²) >= 11 is 0. The second-order valence-corrected chi connectivity index (χ2v) is 5.51. The monoisotopic (exact) mass is 256 g/mol. The van der Waals surface area contributed by atoms with Gasteiger partial charge in [0.05, 0.1) is 0 Å². The highest BCUT2D eigenvalue weighted by Crippen LogP contribution is 2.27. The predicted octanol–water partition coefficient (Wildman–Crippen LogP) is 2.81. The lowest BCUT2D eigenvalue weighted by molar-refractivity contribution is 0.438. The SMILES string of the molecule is Cc1cc(-n2cnnc2)ccc1N1CCC(C)CC1. The van der Waals surface area contributed by atoms with Crippen molar-refractivity contribution in [3.63, 3.8) is 0 Å². The topological polar surface area (TPSA) is 34.0 Å². The molecular weight excluding hydrogens is 236 g/mol. The van der Waals surface area contributed by atoms with Crippen LogP contribution in [0.2, 0.25) is 0 Å². The van der Waals surface area contributed by atoms with Gasteiger partial charge in [0.2, 0.25) is 0 Å². The Morgan fingerprint density at radius 2 is 1.79 bits per heavy atom. The highest BCUT2D eigenvalue weighted by molar-refractivity contribution is 5.57. The molecule has 1 aromatic carbocycles. The van der Waals surface area contributed by atoms with Crippen LogP contribution in [0.5, 0.6) is 0 Å². The molecule has 1 aliphatic heterocycles. The fourth-order valence-corrected chi connectivity index (χ4v) is 2.74. The van der Waals surface area contributed by atoms with E-state index < -0.39 is 0 Å². The summed E-state index contributed by atoms with van der Waals surface area (Å²) in [6.45, 7) is 6.88. The van der Waals surface area contributed by atoms with Gasteiger partial charge < -0.3 is 4.90 Å². The van der Waals surface area contributed by atoms with Crippen molar-refractivity contribution in [2.45, 2.75) is 26.7 Å². The van der Waals surface area contributed by atoms with E-state index >= 15 is 0 Å². The Labute approximate surface area is 114 Å². The first-order valence-corrected chi connectivity index (χ1v) is 6.94. The average Bonchev–Trinajstić information content (AvgIpc) is 2.94. The van der Waals surface area contributed by atoms with Gasteiger partial charge in [-0.1, -0.05) is 6.92 Å². The maximum absolute atomic E-state index is 3.85. The molecule has 0 aliphatic carbocycles. The number of nitrogens with zero attached hydrogens (tertiary/aromatic N) is 4. The number of benzene rings is 1. The smallest absolute Gasteiger partial charge is 0.123 e. The molecule has 0 amide bonds. The van der Waals surface area contributed by atoms with E-state index in [0.29, 0.717) is 0 Å². The maximum atomic E-state index is 3.85. The summed E-state index contributed by atoms with van der Waals surface area (Å²) in [6, 6.07) is 6.57. The number of rotatable bonds is 2. The van der Waals surface area contributed by atoms with E-state index in [1.54, 1.807) is 12.7 Å². The van der Waals surface area contributed by atoms with Gasteiger partial charge in [0.1, 0.15) is 12.7 Å². The minimum Gasteiger partial charge on any atom is -0.371 e. The quantitative estimate of drug-likeness (QED) is 0.828. The predicted molar refractivity (Wildman–Crippen MR) is 76.7 cm³/mol. The second-order valence-electron chi connectivity index (χ2n) is 5.51. The van der Waals surface area contributed by atoms with Crippen LogP contribution in [-0.2, 0) is 0 Å². The van der Waals surface area contributed by atoms with Crippen LogP contribution in [0, 0.1) is 12.8 Å². The van der Waals surface area contributed by atoms with Crippen molar-refractivity contribution in [2.75, 3.05) is 18.0 Å². The van der Waals surface area contributed by atoms with Gasteiger partial charge in [0.25, 0.3) is 0 Å². The molecule has 0 radical (unpaired) electrons. The van der Waals surface area contributed by atoms with E-state index in [0.717, 1.165) is 11.6 Å². The fraction of sp³-hybridized carbons (Fsp3) is 0.467. The van der Waals surface area contributed by atoms with Crippen molar-refractivity contribution in [3.8, 4) is 5.69 Å². The Bertz CT molecular complexity index is 539. The number of aromatic nitrogens is 3. The van der Waals surface area contributed by atoms with Crippen molar-refractivity contribution in [1.29, 1.82) is 0 Å². The largest absolute Gasteiger partial charge is 0.371 e. The first kappa shape index (κ1) is 12.2. The molecule has 0 bridgehead atoms. The number of hydrogen-bond acceptors (Lipinski definition) is 3. The van der Waals surface area contributed by atoms with E-state index in [2.05, 4.69) is 47.1 Å². The lowest BCUT2D eigenvalue weighted by Gasteiger charge is -2.33. The van der Waals surface area contributed by atoms with Gasteiger partial charge in [0, 0.05) is 24.5 Å². The molecule has 0 N–H and O–H groups in total. The van der Waals surface area contributed by atoms with Gasteiger partial charge in [-0.3, -0.25) is 4.57 Å². The van der Waals surface area contributed by atoms with Crippen molar-refractivity contribution in [2.24, 2.45) is 5.92 Å². The standard InChI is InChI=1S/C15H20N4/c1-12-5-7-18(8-6-12)15-4-3-14(9-13(15)2)19-10-16-17-11-19/h3-4,9-12H,5-8H2,1-2H3. The lowest BCUT2D eigenvalue weighted by Crippen LogP contribution is -2.33. The van der Waals surface area contributed by atoms with Crippen molar-refractivity contribution < 1.29 is 0 Å². The van der Waals surface area contributed by atoms with E-state index in [9.17, 15) is 0 Å². The summed E-state index contributed by atoms with van der Waals surface area (Å²) < 4.78 is 1.94. The Morgan fingerprint density at radius 3 is 2.42 bits per heavy atom. The first-order chi connectivity index (χ1) is 9.24. The molecular formula is C15H20N4. The zero-order chi connectivity index (χ0) is 13.2. The minimum absolute atomic E-state index is 0.868. The van der Waals surface area contributed by atoms with Crippen LogP contribution >= 0.6 is 0 Å². The molecule has 2 heterocycles. The molecule has 1 fully saturated rings. The summed E-state index contributed by atoms with van der Waals surface area (Å²) in [5.41, 5.74) is 3.81. The van der Waals surface area contributed by atoms with Crippen LogP contribution in [-0.4, -0.2) is 27.9 Å². The Morgan fingerprint density at radius 1 is 1.11 bits per heavy atom. The number of hydrogen-bond donors (Lipinski definition) is 0. The second kappa shape index (κ2) is 5.03. The Kier molecular flexibility index (Phi) is 3.23. The number of aryl methyl sites for hydroxylation is 1. The van der Waals surface area contributed by atoms with Crippen LogP contribution < -0.4 is 4.90 Å². The van der Waals surface area contributed by atoms with Gasteiger partial charge >= 0.3 is 0 Å². The van der Waals surface area contributed by atoms with Gasteiger partial charge in [-0.25, -0.2) is 0 Å². The van der Waals surface area contributed by atoms with Crippen molar-refractivity contribution in [3.05, 3.63) is 36.4 Å². The molecule has 19 heavy (non-hydrogen) atoms. The van der Waals surface area contributed by atoms with E-state index in [1.165, 1.54) is 37.2 Å². The Hall–Kier alpha value is -1.84. The zero-order valence-electron chi connectivity index (χ0n) is 11.6. The molecule has 3 rings (SSSR count). The highest BCUT2D eigenvalue weighted by atomic mass is 15.2. The molecule has 1 aromatic heterocycles. The van der Waals surface area contributed by atoms with Gasteiger partial charge in [-0.15, -0.1) is 10.2 Å². The molecule has 0 spiro atoms.